The van der Waals surface area contributed by atoms with Crippen LogP contribution in [0.15, 0.2) is 42.5 Å². The summed E-state index contributed by atoms with van der Waals surface area (Å²) in [6.07, 6.45) is 0. The molecular formula is C16H15ClN4O4. The zero-order valence-electron chi connectivity index (χ0n) is 13.2. The van der Waals surface area contributed by atoms with Crippen molar-refractivity contribution in [3.05, 3.63) is 67.7 Å². The molecule has 0 unspecified atom stereocenters. The van der Waals surface area contributed by atoms with Gasteiger partial charge in [0.15, 0.2) is 0 Å². The van der Waals surface area contributed by atoms with Crippen LogP contribution in [0.1, 0.15) is 0 Å². The molecule has 9 heteroatoms. The van der Waals surface area contributed by atoms with E-state index in [0.717, 1.165) is 0 Å². The maximum absolute atomic E-state index is 11.3. The number of nitro benzene ring substituents is 2. The van der Waals surface area contributed by atoms with Crippen LogP contribution in [0.2, 0.25) is 5.02 Å². The fourth-order valence-corrected chi connectivity index (χ4v) is 3.15. The minimum absolute atomic E-state index is 0.0355. The lowest BCUT2D eigenvalue weighted by Crippen LogP contribution is -2.46. The van der Waals surface area contributed by atoms with E-state index in [-0.39, 0.29) is 11.4 Å². The van der Waals surface area contributed by atoms with Crippen molar-refractivity contribution in [2.24, 2.45) is 0 Å². The zero-order valence-corrected chi connectivity index (χ0v) is 13.9. The van der Waals surface area contributed by atoms with Crippen molar-refractivity contribution in [3.63, 3.8) is 0 Å². The molecule has 0 N–H and O–H groups in total. The topological polar surface area (TPSA) is 92.8 Å². The van der Waals surface area contributed by atoms with E-state index in [0.29, 0.717) is 42.6 Å². The molecule has 2 aromatic rings. The Morgan fingerprint density at radius 2 is 1.32 bits per heavy atom. The molecule has 8 nitrogen and oxygen atoms in total. The average molecular weight is 363 g/mol. The molecule has 0 radical (unpaired) electrons. The Bertz CT molecular complexity index is 822. The van der Waals surface area contributed by atoms with E-state index < -0.39 is 9.85 Å². The maximum atomic E-state index is 11.3. The Balaban J connectivity index is 1.79. The third kappa shape index (κ3) is 3.48. The number of anilines is 2. The van der Waals surface area contributed by atoms with Crippen molar-refractivity contribution in [2.45, 2.75) is 0 Å². The first-order chi connectivity index (χ1) is 12.0. The van der Waals surface area contributed by atoms with E-state index in [1.165, 1.54) is 12.1 Å². The fraction of sp³-hybridized carbons (Fsp3) is 0.250. The largest absolute Gasteiger partial charge is 0.362 e. The first-order valence-electron chi connectivity index (χ1n) is 7.64. The standard InChI is InChI=1S/C16H15ClN4O4/c17-12-5-6-14(16(11-12)21(24)25)19-9-7-18(8-10-19)13-3-1-2-4-15(13)20(22)23/h1-6,11H,7-10H2. The number of nitro groups is 2. The van der Waals surface area contributed by atoms with Crippen molar-refractivity contribution in [2.75, 3.05) is 36.0 Å². The highest BCUT2D eigenvalue weighted by atomic mass is 35.5. The fourth-order valence-electron chi connectivity index (χ4n) is 2.98. The summed E-state index contributed by atoms with van der Waals surface area (Å²) < 4.78 is 0. The zero-order chi connectivity index (χ0) is 18.0. The summed E-state index contributed by atoms with van der Waals surface area (Å²) in [5.74, 6) is 0. The molecule has 25 heavy (non-hydrogen) atoms. The van der Waals surface area contributed by atoms with E-state index >= 15 is 0 Å². The van der Waals surface area contributed by atoms with Gasteiger partial charge in [-0.2, -0.15) is 0 Å². The van der Waals surface area contributed by atoms with E-state index in [4.69, 9.17) is 11.6 Å². The predicted molar refractivity (Wildman–Crippen MR) is 95.6 cm³/mol. The van der Waals surface area contributed by atoms with Crippen molar-refractivity contribution in [1.82, 2.24) is 0 Å². The van der Waals surface area contributed by atoms with Crippen LogP contribution < -0.4 is 9.80 Å². The number of benzene rings is 2. The first-order valence-corrected chi connectivity index (χ1v) is 8.02. The molecule has 0 aliphatic carbocycles. The van der Waals surface area contributed by atoms with Crippen molar-refractivity contribution >= 4 is 34.4 Å². The first kappa shape index (κ1) is 17.0. The molecule has 130 valence electrons. The van der Waals surface area contributed by atoms with Crippen LogP contribution in [0.25, 0.3) is 0 Å². The quantitative estimate of drug-likeness (QED) is 0.610. The Kier molecular flexibility index (Phi) is 4.71. The third-order valence-corrected chi connectivity index (χ3v) is 4.41. The van der Waals surface area contributed by atoms with Crippen LogP contribution in [-0.4, -0.2) is 36.0 Å². The number of rotatable bonds is 4. The van der Waals surface area contributed by atoms with Crippen molar-refractivity contribution in [1.29, 1.82) is 0 Å². The maximum Gasteiger partial charge on any atom is 0.294 e. The van der Waals surface area contributed by atoms with Gasteiger partial charge in [0, 0.05) is 43.3 Å². The highest BCUT2D eigenvalue weighted by Crippen LogP contribution is 2.33. The van der Waals surface area contributed by atoms with E-state index in [2.05, 4.69) is 0 Å². The number of hydrogen-bond acceptors (Lipinski definition) is 6. The summed E-state index contributed by atoms with van der Waals surface area (Å²) in [5.41, 5.74) is 1.11. The molecule has 0 saturated carbocycles. The average Bonchev–Trinajstić information content (AvgIpc) is 2.62. The molecule has 1 fully saturated rings. The van der Waals surface area contributed by atoms with Gasteiger partial charge < -0.3 is 9.80 Å². The summed E-state index contributed by atoms with van der Waals surface area (Å²) in [6.45, 7) is 2.11. The lowest BCUT2D eigenvalue weighted by atomic mass is 10.2. The van der Waals surface area contributed by atoms with Crippen LogP contribution >= 0.6 is 11.6 Å². The van der Waals surface area contributed by atoms with Crippen molar-refractivity contribution in [3.8, 4) is 0 Å². The number of halogens is 1. The van der Waals surface area contributed by atoms with E-state index in [1.807, 2.05) is 9.80 Å². The summed E-state index contributed by atoms with van der Waals surface area (Å²) in [6, 6.07) is 11.2. The SMILES string of the molecule is O=[N+]([O-])c1ccccc1N1CCN(c2ccc(Cl)cc2[N+](=O)[O-])CC1. The molecule has 0 spiro atoms. The Labute approximate surface area is 148 Å². The normalized spacial score (nSPS) is 14.4. The molecule has 3 rings (SSSR count). The number of nitrogens with zero attached hydrogens (tertiary/aromatic N) is 4. The molecule has 0 aromatic heterocycles. The van der Waals surface area contributed by atoms with Crippen LogP contribution in [0, 0.1) is 20.2 Å². The Morgan fingerprint density at radius 3 is 1.88 bits per heavy atom. The molecular weight excluding hydrogens is 348 g/mol. The Morgan fingerprint density at radius 1 is 0.800 bits per heavy atom. The second-order valence-electron chi connectivity index (χ2n) is 5.61. The highest BCUT2D eigenvalue weighted by molar-refractivity contribution is 6.30. The van der Waals surface area contributed by atoms with Gasteiger partial charge in [-0.05, 0) is 18.2 Å². The summed E-state index contributed by atoms with van der Waals surface area (Å²) in [5, 5.41) is 22.8. The van der Waals surface area contributed by atoms with Crippen LogP contribution in [0.5, 0.6) is 0 Å². The molecule has 1 aliphatic rings. The van der Waals surface area contributed by atoms with Gasteiger partial charge in [-0.15, -0.1) is 0 Å². The molecule has 2 aromatic carbocycles. The van der Waals surface area contributed by atoms with Gasteiger partial charge in [0.2, 0.25) is 0 Å². The van der Waals surface area contributed by atoms with Gasteiger partial charge in [0.1, 0.15) is 11.4 Å². The van der Waals surface area contributed by atoms with Gasteiger partial charge >= 0.3 is 0 Å². The smallest absolute Gasteiger partial charge is 0.294 e. The van der Waals surface area contributed by atoms with Gasteiger partial charge in [-0.25, -0.2) is 0 Å². The predicted octanol–water partition coefficient (Wildman–Crippen LogP) is 3.48. The minimum Gasteiger partial charge on any atom is -0.362 e. The molecule has 1 saturated heterocycles. The van der Waals surface area contributed by atoms with Crippen molar-refractivity contribution < 1.29 is 9.85 Å². The summed E-state index contributed by atoms with van der Waals surface area (Å²) in [4.78, 5) is 25.4. The van der Waals surface area contributed by atoms with E-state index in [1.54, 1.807) is 30.3 Å². The lowest BCUT2D eigenvalue weighted by Gasteiger charge is -2.36. The number of piperazine rings is 1. The lowest BCUT2D eigenvalue weighted by molar-refractivity contribution is -0.384. The minimum atomic E-state index is -0.449. The van der Waals surface area contributed by atoms with Crippen LogP contribution in [0.4, 0.5) is 22.7 Å². The molecule has 1 heterocycles. The van der Waals surface area contributed by atoms with Gasteiger partial charge in [-0.1, -0.05) is 23.7 Å². The summed E-state index contributed by atoms with van der Waals surface area (Å²) in [7, 11) is 0. The second kappa shape index (κ2) is 6.94. The van der Waals surface area contributed by atoms with Crippen LogP contribution in [-0.2, 0) is 0 Å². The summed E-state index contributed by atoms with van der Waals surface area (Å²) >= 11 is 5.86. The third-order valence-electron chi connectivity index (χ3n) is 4.17. The monoisotopic (exact) mass is 362 g/mol. The Hall–Kier alpha value is -2.87. The number of hydrogen-bond donors (Lipinski definition) is 0. The molecule has 0 atom stereocenters. The van der Waals surface area contributed by atoms with Gasteiger partial charge in [0.05, 0.1) is 9.85 Å². The van der Waals surface area contributed by atoms with Gasteiger partial charge in [-0.3, -0.25) is 20.2 Å². The highest BCUT2D eigenvalue weighted by Gasteiger charge is 2.26. The molecule has 0 bridgehead atoms. The second-order valence-corrected chi connectivity index (χ2v) is 6.05. The van der Waals surface area contributed by atoms with Gasteiger partial charge in [0.25, 0.3) is 11.4 Å². The van der Waals surface area contributed by atoms with E-state index in [9.17, 15) is 20.2 Å². The molecule has 1 aliphatic heterocycles. The van der Waals surface area contributed by atoms with Crippen LogP contribution in [0.3, 0.4) is 0 Å². The number of para-hydroxylation sites is 2. The molecule has 0 amide bonds.